The van der Waals surface area contributed by atoms with Gasteiger partial charge in [-0.05, 0) is 52.3 Å². The van der Waals surface area contributed by atoms with E-state index in [2.05, 4.69) is 18.7 Å². The van der Waals surface area contributed by atoms with Crippen molar-refractivity contribution >= 4 is 17.4 Å². The van der Waals surface area contributed by atoms with Gasteiger partial charge in [-0.15, -0.1) is 0 Å². The van der Waals surface area contributed by atoms with Crippen molar-refractivity contribution in [3.05, 3.63) is 52.6 Å². The molecule has 0 radical (unpaired) electrons. The van der Waals surface area contributed by atoms with E-state index in [1.165, 1.54) is 6.92 Å². The van der Waals surface area contributed by atoms with Crippen LogP contribution in [-0.2, 0) is 19.1 Å². The van der Waals surface area contributed by atoms with Crippen LogP contribution in [0, 0.1) is 0 Å². The zero-order valence-corrected chi connectivity index (χ0v) is 16.7. The maximum atomic E-state index is 12.6. The van der Waals surface area contributed by atoms with Gasteiger partial charge < -0.3 is 20.1 Å². The highest BCUT2D eigenvalue weighted by molar-refractivity contribution is 6.01. The Morgan fingerprint density at radius 1 is 1.11 bits per heavy atom. The zero-order valence-electron chi connectivity index (χ0n) is 16.7. The van der Waals surface area contributed by atoms with Crippen LogP contribution in [0.1, 0.15) is 46.1 Å². The summed E-state index contributed by atoms with van der Waals surface area (Å²) in [6.45, 7) is 11.1. The second-order valence-electron chi connectivity index (χ2n) is 6.32. The van der Waals surface area contributed by atoms with E-state index in [0.29, 0.717) is 11.3 Å². The van der Waals surface area contributed by atoms with E-state index >= 15 is 0 Å². The summed E-state index contributed by atoms with van der Waals surface area (Å²) in [5.74, 6) is -0.959. The number of nitrogens with zero attached hydrogens (tertiary/aromatic N) is 1. The smallest absolute Gasteiger partial charge is 0.340 e. The number of allylic oxidation sites excluding steroid dienone is 2. The molecule has 6 heteroatoms. The van der Waals surface area contributed by atoms with Gasteiger partial charge in [-0.1, -0.05) is 12.1 Å². The average molecular weight is 372 g/mol. The van der Waals surface area contributed by atoms with Crippen molar-refractivity contribution in [2.45, 2.75) is 40.5 Å². The van der Waals surface area contributed by atoms with Crippen LogP contribution in [0.5, 0.6) is 0 Å². The van der Waals surface area contributed by atoms with Crippen molar-refractivity contribution in [3.8, 4) is 0 Å². The number of nitrogens with two attached hydrogens (primary N) is 1. The highest BCUT2D eigenvalue weighted by Crippen LogP contribution is 2.40. The van der Waals surface area contributed by atoms with Gasteiger partial charge in [0.2, 0.25) is 5.88 Å². The maximum absolute atomic E-state index is 12.6. The van der Waals surface area contributed by atoms with E-state index in [-0.39, 0.29) is 23.8 Å². The molecule has 0 amide bonds. The highest BCUT2D eigenvalue weighted by atomic mass is 16.5. The van der Waals surface area contributed by atoms with Crippen molar-refractivity contribution in [2.24, 2.45) is 5.73 Å². The van der Waals surface area contributed by atoms with Crippen LogP contribution < -0.4 is 10.6 Å². The van der Waals surface area contributed by atoms with Gasteiger partial charge >= 0.3 is 5.97 Å². The number of esters is 1. The Hall–Kier alpha value is -2.76. The summed E-state index contributed by atoms with van der Waals surface area (Å²) in [6.07, 6.45) is 0. The molecule has 1 aliphatic rings. The van der Waals surface area contributed by atoms with Gasteiger partial charge in [0.15, 0.2) is 5.78 Å². The molecular weight excluding hydrogens is 344 g/mol. The molecule has 0 bridgehead atoms. The number of carbonyl (C=O) groups is 2. The van der Waals surface area contributed by atoms with Crippen molar-refractivity contribution < 1.29 is 19.1 Å². The van der Waals surface area contributed by atoms with Crippen molar-refractivity contribution in [3.63, 3.8) is 0 Å². The summed E-state index contributed by atoms with van der Waals surface area (Å²) in [4.78, 5) is 27.1. The minimum atomic E-state index is -0.610. The molecule has 0 aliphatic carbocycles. The molecule has 6 nitrogen and oxygen atoms in total. The Kier molecular flexibility index (Phi) is 6.66. The maximum Gasteiger partial charge on any atom is 0.340 e. The summed E-state index contributed by atoms with van der Waals surface area (Å²) in [5, 5.41) is 0. The molecule has 1 aromatic rings. The standard InChI is InChI=1S/C21H28N2O4/c1-6-23(7-2)16-11-9-15(10-12-16)18-17(13(4)24)14(5)27-20(22)19(18)21(25)26-8-3/h9-12,18H,6-8,22H2,1-5H3/t18-/m1/s1. The molecule has 27 heavy (non-hydrogen) atoms. The average Bonchev–Trinajstić information content (AvgIpc) is 2.62. The monoisotopic (exact) mass is 372 g/mol. The lowest BCUT2D eigenvalue weighted by Gasteiger charge is -2.29. The molecule has 0 spiro atoms. The second kappa shape index (κ2) is 8.75. The number of hydrogen-bond acceptors (Lipinski definition) is 6. The summed E-state index contributed by atoms with van der Waals surface area (Å²) in [5.41, 5.74) is 8.48. The Morgan fingerprint density at radius 3 is 2.19 bits per heavy atom. The number of carbonyl (C=O) groups excluding carboxylic acids is 2. The quantitative estimate of drug-likeness (QED) is 0.740. The Bertz CT molecular complexity index is 774. The lowest BCUT2D eigenvalue weighted by molar-refractivity contribution is -0.139. The molecule has 0 aromatic heterocycles. The van der Waals surface area contributed by atoms with Crippen LogP contribution >= 0.6 is 0 Å². The third-order valence-corrected chi connectivity index (χ3v) is 4.71. The van der Waals surface area contributed by atoms with Gasteiger partial charge in [0.1, 0.15) is 11.3 Å². The van der Waals surface area contributed by atoms with E-state index in [4.69, 9.17) is 15.2 Å². The highest BCUT2D eigenvalue weighted by Gasteiger charge is 2.37. The Labute approximate surface area is 160 Å². The summed E-state index contributed by atoms with van der Waals surface area (Å²) in [6, 6.07) is 7.83. The number of anilines is 1. The van der Waals surface area contributed by atoms with Gasteiger partial charge in [-0.2, -0.15) is 0 Å². The van der Waals surface area contributed by atoms with Gasteiger partial charge in [0.25, 0.3) is 0 Å². The predicted molar refractivity (Wildman–Crippen MR) is 105 cm³/mol. The van der Waals surface area contributed by atoms with Gasteiger partial charge in [0.05, 0.1) is 12.5 Å². The van der Waals surface area contributed by atoms with Gasteiger partial charge in [-0.3, -0.25) is 4.79 Å². The van der Waals surface area contributed by atoms with Crippen molar-refractivity contribution in [1.82, 2.24) is 0 Å². The minimum Gasteiger partial charge on any atom is -0.462 e. The molecule has 0 saturated heterocycles. The van der Waals surface area contributed by atoms with Crippen LogP contribution in [0.2, 0.25) is 0 Å². The second-order valence-corrected chi connectivity index (χ2v) is 6.32. The molecule has 2 rings (SSSR count). The van der Waals surface area contributed by atoms with Crippen molar-refractivity contribution in [2.75, 3.05) is 24.6 Å². The first-order valence-electron chi connectivity index (χ1n) is 9.26. The number of hydrogen-bond donors (Lipinski definition) is 1. The molecule has 1 heterocycles. The first-order valence-corrected chi connectivity index (χ1v) is 9.26. The van der Waals surface area contributed by atoms with Crippen molar-refractivity contribution in [1.29, 1.82) is 0 Å². The third kappa shape index (κ3) is 4.15. The minimum absolute atomic E-state index is 0.0197. The topological polar surface area (TPSA) is 81.9 Å². The Morgan fingerprint density at radius 2 is 1.70 bits per heavy atom. The van der Waals surface area contributed by atoms with Crippen LogP contribution in [0.15, 0.2) is 47.1 Å². The fourth-order valence-electron chi connectivity index (χ4n) is 3.44. The number of ketones is 1. The Balaban J connectivity index is 2.56. The number of Topliss-reactive ketones (excluding diaryl/α,β-unsaturated/α-hetero) is 1. The van der Waals surface area contributed by atoms with E-state index in [0.717, 1.165) is 24.3 Å². The first-order chi connectivity index (χ1) is 12.8. The van der Waals surface area contributed by atoms with Crippen LogP contribution in [0.3, 0.4) is 0 Å². The number of ether oxygens (including phenoxy) is 2. The third-order valence-electron chi connectivity index (χ3n) is 4.71. The zero-order chi connectivity index (χ0) is 20.1. The fourth-order valence-corrected chi connectivity index (χ4v) is 3.44. The molecule has 0 unspecified atom stereocenters. The lowest BCUT2D eigenvalue weighted by Crippen LogP contribution is -2.29. The van der Waals surface area contributed by atoms with Gasteiger partial charge in [-0.25, -0.2) is 4.79 Å². The molecule has 146 valence electrons. The first kappa shape index (κ1) is 20.6. The molecule has 1 atom stereocenters. The van der Waals surface area contributed by atoms with Gasteiger partial charge in [0, 0.05) is 24.4 Å². The number of benzene rings is 1. The van der Waals surface area contributed by atoms with Crippen LogP contribution in [0.4, 0.5) is 5.69 Å². The molecule has 0 saturated carbocycles. The molecule has 0 fully saturated rings. The SMILES string of the molecule is CCOC(=O)C1=C(N)OC(C)=C(C(C)=O)[C@H]1c1ccc(N(CC)CC)cc1. The normalized spacial score (nSPS) is 16.9. The summed E-state index contributed by atoms with van der Waals surface area (Å²) < 4.78 is 10.7. The van der Waals surface area contributed by atoms with E-state index in [1.807, 2.05) is 24.3 Å². The largest absolute Gasteiger partial charge is 0.462 e. The molecule has 1 aromatic carbocycles. The molecule has 1 aliphatic heterocycles. The lowest BCUT2D eigenvalue weighted by atomic mass is 9.81. The molecular formula is C21H28N2O4. The van der Waals surface area contributed by atoms with E-state index in [9.17, 15) is 9.59 Å². The van der Waals surface area contributed by atoms with E-state index in [1.54, 1.807) is 13.8 Å². The summed E-state index contributed by atoms with van der Waals surface area (Å²) in [7, 11) is 0. The van der Waals surface area contributed by atoms with Crippen LogP contribution in [0.25, 0.3) is 0 Å². The molecule has 2 N–H and O–H groups in total. The van der Waals surface area contributed by atoms with Crippen LogP contribution in [-0.4, -0.2) is 31.4 Å². The van der Waals surface area contributed by atoms with E-state index < -0.39 is 11.9 Å². The predicted octanol–water partition coefficient (Wildman–Crippen LogP) is 3.24. The fraction of sp³-hybridized carbons (Fsp3) is 0.429. The number of rotatable bonds is 7. The summed E-state index contributed by atoms with van der Waals surface area (Å²) >= 11 is 0.